The molecule has 2 atom stereocenters. The Kier molecular flexibility index (Phi) is 8.21. The Morgan fingerprint density at radius 1 is 1.12 bits per heavy atom. The SMILES string of the molecule is CCCC[C@H](O)C#Cc1csc2c(NC[C@@H](N)Cc3ccccc3)nc(-c3ccncc3)nc12. The molecule has 3 heterocycles. The lowest BCUT2D eigenvalue weighted by atomic mass is 10.1. The zero-order valence-corrected chi connectivity index (χ0v) is 20.1. The van der Waals surface area contributed by atoms with Gasteiger partial charge in [-0.2, -0.15) is 0 Å². The van der Waals surface area contributed by atoms with Gasteiger partial charge in [0.2, 0.25) is 0 Å². The molecular weight excluding hydrogens is 442 g/mol. The Morgan fingerprint density at radius 3 is 2.68 bits per heavy atom. The number of fused-ring (bicyclic) bond motifs is 1. The highest BCUT2D eigenvalue weighted by atomic mass is 32.1. The van der Waals surface area contributed by atoms with Crippen molar-refractivity contribution in [3.8, 4) is 23.2 Å². The number of thiophene rings is 1. The van der Waals surface area contributed by atoms with Gasteiger partial charge >= 0.3 is 0 Å². The maximum Gasteiger partial charge on any atom is 0.162 e. The summed E-state index contributed by atoms with van der Waals surface area (Å²) >= 11 is 1.54. The predicted octanol–water partition coefficient (Wildman–Crippen LogP) is 4.64. The van der Waals surface area contributed by atoms with Crippen molar-refractivity contribution in [3.63, 3.8) is 0 Å². The maximum absolute atomic E-state index is 10.2. The summed E-state index contributed by atoms with van der Waals surface area (Å²) < 4.78 is 0.928. The molecule has 174 valence electrons. The summed E-state index contributed by atoms with van der Waals surface area (Å²) in [4.78, 5) is 13.7. The number of hydrogen-bond donors (Lipinski definition) is 3. The second-order valence-corrected chi connectivity index (χ2v) is 9.10. The number of nitrogens with two attached hydrogens (primary N) is 1. The van der Waals surface area contributed by atoms with E-state index in [1.807, 2.05) is 35.7 Å². The standard InChI is InChI=1S/C27H29N5OS/c1-2-3-9-23(33)11-10-21-18-34-25-24(21)31-26(20-12-14-29-15-13-20)32-27(25)30-17-22(28)16-19-7-5-4-6-8-19/h4-8,12-15,18,22-23,33H,2-3,9,16-17,28H2,1H3,(H,30,31,32)/t22-,23-/m0/s1. The number of pyridine rings is 1. The average molecular weight is 472 g/mol. The molecule has 4 aromatic rings. The molecule has 0 radical (unpaired) electrons. The van der Waals surface area contributed by atoms with Crippen LogP contribution < -0.4 is 11.1 Å². The smallest absolute Gasteiger partial charge is 0.162 e. The van der Waals surface area contributed by atoms with E-state index in [1.165, 1.54) is 5.56 Å². The molecule has 0 aliphatic heterocycles. The van der Waals surface area contributed by atoms with Crippen LogP contribution in [0.4, 0.5) is 5.82 Å². The van der Waals surface area contributed by atoms with Crippen molar-refractivity contribution in [2.24, 2.45) is 5.73 Å². The van der Waals surface area contributed by atoms with Gasteiger partial charge in [-0.1, -0.05) is 61.9 Å². The van der Waals surface area contributed by atoms with Gasteiger partial charge in [0, 0.05) is 35.9 Å². The number of nitrogens with zero attached hydrogens (tertiary/aromatic N) is 3. The van der Waals surface area contributed by atoms with Gasteiger partial charge in [-0.3, -0.25) is 4.98 Å². The molecule has 0 saturated heterocycles. The van der Waals surface area contributed by atoms with Gasteiger partial charge in [0.1, 0.15) is 17.4 Å². The summed E-state index contributed by atoms with van der Waals surface area (Å²) in [7, 11) is 0. The summed E-state index contributed by atoms with van der Waals surface area (Å²) in [6, 6.07) is 13.9. The number of nitrogens with one attached hydrogen (secondary N) is 1. The molecule has 1 aromatic carbocycles. The molecule has 6 nitrogen and oxygen atoms in total. The third-order valence-corrected chi connectivity index (χ3v) is 6.41. The molecule has 0 aliphatic carbocycles. The summed E-state index contributed by atoms with van der Waals surface area (Å²) in [5.41, 5.74) is 10.1. The lowest BCUT2D eigenvalue weighted by Gasteiger charge is -2.14. The first-order chi connectivity index (χ1) is 16.6. The fourth-order valence-electron chi connectivity index (χ4n) is 3.60. The van der Waals surface area contributed by atoms with Gasteiger partial charge in [-0.15, -0.1) is 11.3 Å². The maximum atomic E-state index is 10.2. The van der Waals surface area contributed by atoms with Gasteiger partial charge in [0.15, 0.2) is 5.82 Å². The van der Waals surface area contributed by atoms with E-state index in [9.17, 15) is 5.11 Å². The molecule has 0 amide bonds. The van der Waals surface area contributed by atoms with Crippen LogP contribution in [0.15, 0.2) is 60.2 Å². The largest absolute Gasteiger partial charge is 0.380 e. The van der Waals surface area contributed by atoms with E-state index < -0.39 is 6.10 Å². The minimum absolute atomic E-state index is 0.0651. The second kappa shape index (κ2) is 11.7. The summed E-state index contributed by atoms with van der Waals surface area (Å²) in [6.45, 7) is 2.68. The lowest BCUT2D eigenvalue weighted by Crippen LogP contribution is -2.31. The Labute approximate surface area is 204 Å². The van der Waals surface area contributed by atoms with Crippen molar-refractivity contribution < 1.29 is 5.11 Å². The Balaban J connectivity index is 1.62. The molecule has 0 bridgehead atoms. The topological polar surface area (TPSA) is 97.0 Å². The highest BCUT2D eigenvalue weighted by Gasteiger charge is 2.15. The first kappa shape index (κ1) is 23.8. The quantitative estimate of drug-likeness (QED) is 0.308. The molecule has 7 heteroatoms. The fourth-order valence-corrected chi connectivity index (χ4v) is 4.51. The van der Waals surface area contributed by atoms with Crippen LogP contribution in [0.25, 0.3) is 21.6 Å². The number of aromatic nitrogens is 3. The summed E-state index contributed by atoms with van der Waals surface area (Å²) in [5, 5.41) is 15.6. The van der Waals surface area contributed by atoms with E-state index in [1.54, 1.807) is 23.7 Å². The molecule has 0 fully saturated rings. The molecule has 0 unspecified atom stereocenters. The van der Waals surface area contributed by atoms with Crippen LogP contribution in [0.2, 0.25) is 0 Å². The number of aliphatic hydroxyl groups is 1. The van der Waals surface area contributed by atoms with E-state index in [-0.39, 0.29) is 6.04 Å². The third kappa shape index (κ3) is 6.17. The van der Waals surface area contributed by atoms with Crippen LogP contribution in [0.1, 0.15) is 37.3 Å². The zero-order chi connectivity index (χ0) is 23.8. The van der Waals surface area contributed by atoms with Crippen molar-refractivity contribution in [2.45, 2.75) is 44.8 Å². The minimum Gasteiger partial charge on any atom is -0.380 e. The van der Waals surface area contributed by atoms with E-state index in [0.29, 0.717) is 18.8 Å². The van der Waals surface area contributed by atoms with Gasteiger partial charge < -0.3 is 16.2 Å². The number of aliphatic hydroxyl groups excluding tert-OH is 1. The summed E-state index contributed by atoms with van der Waals surface area (Å²) in [5.74, 6) is 7.44. The van der Waals surface area contributed by atoms with Gasteiger partial charge in [0.05, 0.1) is 10.3 Å². The Bertz CT molecular complexity index is 1260. The van der Waals surface area contributed by atoms with Crippen LogP contribution in [0.5, 0.6) is 0 Å². The van der Waals surface area contributed by atoms with E-state index in [0.717, 1.165) is 46.4 Å². The Hall–Kier alpha value is -3.31. The number of anilines is 1. The molecule has 0 spiro atoms. The predicted molar refractivity (Wildman–Crippen MR) is 140 cm³/mol. The van der Waals surface area contributed by atoms with Crippen LogP contribution in [0.3, 0.4) is 0 Å². The van der Waals surface area contributed by atoms with E-state index >= 15 is 0 Å². The van der Waals surface area contributed by atoms with Crippen LogP contribution in [-0.4, -0.2) is 38.7 Å². The van der Waals surface area contributed by atoms with Gasteiger partial charge in [-0.05, 0) is 30.5 Å². The Morgan fingerprint density at radius 2 is 1.91 bits per heavy atom. The minimum atomic E-state index is -0.634. The first-order valence-electron chi connectivity index (χ1n) is 11.6. The molecule has 3 aromatic heterocycles. The molecule has 34 heavy (non-hydrogen) atoms. The highest BCUT2D eigenvalue weighted by molar-refractivity contribution is 7.18. The molecule has 4 rings (SSSR count). The highest BCUT2D eigenvalue weighted by Crippen LogP contribution is 2.32. The van der Waals surface area contributed by atoms with Crippen molar-refractivity contribution in [1.29, 1.82) is 0 Å². The molecular formula is C27H29N5OS. The second-order valence-electron chi connectivity index (χ2n) is 8.22. The first-order valence-corrected chi connectivity index (χ1v) is 12.4. The van der Waals surface area contributed by atoms with E-state index in [2.05, 4.69) is 41.2 Å². The fraction of sp³-hybridized carbons (Fsp3) is 0.296. The van der Waals surface area contributed by atoms with Gasteiger partial charge in [-0.25, -0.2) is 9.97 Å². The van der Waals surface area contributed by atoms with Crippen LogP contribution in [0, 0.1) is 11.8 Å². The average Bonchev–Trinajstić information content (AvgIpc) is 3.29. The van der Waals surface area contributed by atoms with Crippen molar-refractivity contribution in [1.82, 2.24) is 15.0 Å². The monoisotopic (exact) mass is 471 g/mol. The van der Waals surface area contributed by atoms with E-state index in [4.69, 9.17) is 15.7 Å². The lowest BCUT2D eigenvalue weighted by molar-refractivity contribution is 0.218. The summed E-state index contributed by atoms with van der Waals surface area (Å²) in [6.07, 6.45) is 6.25. The van der Waals surface area contributed by atoms with Crippen LogP contribution in [-0.2, 0) is 6.42 Å². The zero-order valence-electron chi connectivity index (χ0n) is 19.2. The molecule has 4 N–H and O–H groups in total. The molecule has 0 saturated carbocycles. The van der Waals surface area contributed by atoms with Crippen molar-refractivity contribution in [2.75, 3.05) is 11.9 Å². The third-order valence-electron chi connectivity index (χ3n) is 5.43. The van der Waals surface area contributed by atoms with Crippen molar-refractivity contribution in [3.05, 3.63) is 71.4 Å². The number of hydrogen-bond acceptors (Lipinski definition) is 7. The number of rotatable bonds is 9. The van der Waals surface area contributed by atoms with Crippen LogP contribution >= 0.6 is 11.3 Å². The van der Waals surface area contributed by atoms with Crippen molar-refractivity contribution >= 4 is 27.4 Å². The normalized spacial score (nSPS) is 12.7. The number of benzene rings is 1. The van der Waals surface area contributed by atoms with Gasteiger partial charge in [0.25, 0.3) is 0 Å². The molecule has 0 aliphatic rings. The number of unbranched alkanes of at least 4 members (excludes halogenated alkanes) is 1.